The molecule has 0 unspecified atom stereocenters. The van der Waals surface area contributed by atoms with Crippen LogP contribution in [0.25, 0.3) is 11.0 Å². The molecule has 1 aromatic heterocycles. The van der Waals surface area contributed by atoms with E-state index in [0.29, 0.717) is 24.6 Å². The summed E-state index contributed by atoms with van der Waals surface area (Å²) in [6.07, 6.45) is 0. The van der Waals surface area contributed by atoms with Gasteiger partial charge >= 0.3 is 0 Å². The number of nitriles is 1. The molecule has 2 aromatic rings. The van der Waals surface area contributed by atoms with Gasteiger partial charge in [0.05, 0.1) is 35.2 Å². The van der Waals surface area contributed by atoms with Crippen molar-refractivity contribution in [1.29, 1.82) is 5.26 Å². The Kier molecular flexibility index (Phi) is 3.62. The van der Waals surface area contributed by atoms with Crippen molar-refractivity contribution < 1.29 is 4.74 Å². The van der Waals surface area contributed by atoms with Gasteiger partial charge in [-0.15, -0.1) is 11.6 Å². The maximum Gasteiger partial charge on any atom is 0.124 e. The molecule has 17 heavy (non-hydrogen) atoms. The number of benzene rings is 1. The highest BCUT2D eigenvalue weighted by Gasteiger charge is 2.10. The molecule has 0 atom stereocenters. The molecular formula is C12H12ClN3O. The fourth-order valence-electron chi connectivity index (χ4n) is 1.78. The summed E-state index contributed by atoms with van der Waals surface area (Å²) in [4.78, 5) is 4.43. The molecule has 1 aromatic carbocycles. The molecule has 0 spiro atoms. The predicted octanol–water partition coefficient (Wildman–Crippen LogP) is 2.29. The van der Waals surface area contributed by atoms with E-state index in [2.05, 4.69) is 11.1 Å². The average Bonchev–Trinajstić information content (AvgIpc) is 2.73. The van der Waals surface area contributed by atoms with Gasteiger partial charge in [0.1, 0.15) is 5.82 Å². The Hall–Kier alpha value is -1.57. The van der Waals surface area contributed by atoms with E-state index in [1.165, 1.54) is 0 Å². The number of aromatic nitrogens is 2. The van der Waals surface area contributed by atoms with Gasteiger partial charge in [-0.25, -0.2) is 4.98 Å². The lowest BCUT2D eigenvalue weighted by Gasteiger charge is -2.06. The molecule has 0 aliphatic rings. The molecule has 88 valence electrons. The van der Waals surface area contributed by atoms with Crippen LogP contribution in [0.15, 0.2) is 18.2 Å². The largest absolute Gasteiger partial charge is 0.383 e. The van der Waals surface area contributed by atoms with Crippen molar-refractivity contribution in [3.63, 3.8) is 0 Å². The van der Waals surface area contributed by atoms with Gasteiger partial charge in [-0.05, 0) is 18.2 Å². The quantitative estimate of drug-likeness (QED) is 0.782. The molecule has 0 bridgehead atoms. The highest BCUT2D eigenvalue weighted by Crippen LogP contribution is 2.19. The van der Waals surface area contributed by atoms with E-state index in [1.54, 1.807) is 13.2 Å². The minimum Gasteiger partial charge on any atom is -0.383 e. The first-order chi connectivity index (χ1) is 8.30. The summed E-state index contributed by atoms with van der Waals surface area (Å²) < 4.78 is 7.06. The Bertz CT molecular complexity index is 571. The van der Waals surface area contributed by atoms with Gasteiger partial charge in [-0.3, -0.25) is 0 Å². The molecule has 0 saturated carbocycles. The van der Waals surface area contributed by atoms with Crippen LogP contribution < -0.4 is 0 Å². The molecule has 0 saturated heterocycles. The van der Waals surface area contributed by atoms with Gasteiger partial charge in [0.2, 0.25) is 0 Å². The summed E-state index contributed by atoms with van der Waals surface area (Å²) in [6, 6.07) is 7.55. The average molecular weight is 250 g/mol. The third kappa shape index (κ3) is 2.26. The third-order valence-corrected chi connectivity index (χ3v) is 2.83. The van der Waals surface area contributed by atoms with E-state index in [0.717, 1.165) is 16.9 Å². The van der Waals surface area contributed by atoms with Gasteiger partial charge in [0.25, 0.3) is 0 Å². The van der Waals surface area contributed by atoms with Crippen molar-refractivity contribution in [3.05, 3.63) is 29.6 Å². The lowest BCUT2D eigenvalue weighted by molar-refractivity contribution is 0.187. The van der Waals surface area contributed by atoms with Gasteiger partial charge in [0.15, 0.2) is 0 Å². The smallest absolute Gasteiger partial charge is 0.124 e. The second-order valence-corrected chi connectivity index (χ2v) is 3.89. The Labute approximate surface area is 104 Å². The molecule has 5 heteroatoms. The van der Waals surface area contributed by atoms with E-state index in [9.17, 15) is 0 Å². The molecule has 0 aliphatic heterocycles. The van der Waals surface area contributed by atoms with Crippen LogP contribution in [0.1, 0.15) is 11.4 Å². The summed E-state index contributed by atoms with van der Waals surface area (Å²) in [5.41, 5.74) is 2.41. The molecule has 1 heterocycles. The van der Waals surface area contributed by atoms with Crippen molar-refractivity contribution in [3.8, 4) is 6.07 Å². The van der Waals surface area contributed by atoms with Crippen molar-refractivity contribution >= 4 is 22.6 Å². The second kappa shape index (κ2) is 5.17. The first kappa shape index (κ1) is 11.9. The summed E-state index contributed by atoms with van der Waals surface area (Å²) >= 11 is 5.87. The third-order valence-electron chi connectivity index (χ3n) is 2.59. The van der Waals surface area contributed by atoms with Crippen molar-refractivity contribution in [2.75, 3.05) is 13.7 Å². The molecule has 4 nitrogen and oxygen atoms in total. The van der Waals surface area contributed by atoms with Crippen molar-refractivity contribution in [2.24, 2.45) is 0 Å². The number of ether oxygens (including phenoxy) is 1. The number of alkyl halides is 1. The Balaban J connectivity index is 2.55. The Morgan fingerprint density at radius 1 is 1.53 bits per heavy atom. The monoisotopic (exact) mass is 249 g/mol. The topological polar surface area (TPSA) is 50.8 Å². The number of methoxy groups -OCH3 is 1. The van der Waals surface area contributed by atoms with Gasteiger partial charge in [0, 0.05) is 13.7 Å². The minimum atomic E-state index is 0.348. The molecule has 0 fully saturated rings. The van der Waals surface area contributed by atoms with Crippen LogP contribution >= 0.6 is 11.6 Å². The second-order valence-electron chi connectivity index (χ2n) is 3.62. The fourth-order valence-corrected chi connectivity index (χ4v) is 1.98. The van der Waals surface area contributed by atoms with E-state index in [1.807, 2.05) is 16.7 Å². The molecule has 0 aliphatic carbocycles. The summed E-state index contributed by atoms with van der Waals surface area (Å²) in [6.45, 7) is 1.27. The zero-order chi connectivity index (χ0) is 12.3. The van der Waals surface area contributed by atoms with Gasteiger partial charge in [-0.2, -0.15) is 5.26 Å². The number of fused-ring (bicyclic) bond motifs is 1. The minimum absolute atomic E-state index is 0.348. The van der Waals surface area contributed by atoms with E-state index in [4.69, 9.17) is 21.6 Å². The van der Waals surface area contributed by atoms with E-state index >= 15 is 0 Å². The number of imidazole rings is 1. The summed E-state index contributed by atoms with van der Waals surface area (Å²) in [7, 11) is 1.65. The Morgan fingerprint density at radius 3 is 3.00 bits per heavy atom. The van der Waals surface area contributed by atoms with Gasteiger partial charge < -0.3 is 9.30 Å². The number of nitrogens with zero attached hydrogens (tertiary/aromatic N) is 3. The van der Waals surface area contributed by atoms with Crippen LogP contribution in [0.3, 0.4) is 0 Å². The standard InChI is InChI=1S/C12H12ClN3O/c1-17-5-4-16-11-6-9(8-14)2-3-10(11)15-12(16)7-13/h2-3,6H,4-5,7H2,1H3. The SMILES string of the molecule is COCCn1c(CCl)nc2ccc(C#N)cc21. The van der Waals surface area contributed by atoms with Gasteiger partial charge in [-0.1, -0.05) is 0 Å². The predicted molar refractivity (Wildman–Crippen MR) is 65.9 cm³/mol. The summed E-state index contributed by atoms with van der Waals surface area (Å²) in [5.74, 6) is 1.15. The summed E-state index contributed by atoms with van der Waals surface area (Å²) in [5, 5.41) is 8.90. The van der Waals surface area contributed by atoms with Crippen LogP contribution in [0.2, 0.25) is 0 Å². The molecule has 0 radical (unpaired) electrons. The molecule has 0 N–H and O–H groups in total. The number of hydrogen-bond acceptors (Lipinski definition) is 3. The van der Waals surface area contributed by atoms with Crippen LogP contribution in [0, 0.1) is 11.3 Å². The zero-order valence-corrected chi connectivity index (χ0v) is 10.2. The lowest BCUT2D eigenvalue weighted by Crippen LogP contribution is -2.07. The lowest BCUT2D eigenvalue weighted by atomic mass is 10.2. The first-order valence-corrected chi connectivity index (χ1v) is 5.77. The highest BCUT2D eigenvalue weighted by molar-refractivity contribution is 6.16. The maximum atomic E-state index is 8.90. The zero-order valence-electron chi connectivity index (χ0n) is 9.48. The molecule has 2 rings (SSSR count). The number of halogens is 1. The van der Waals surface area contributed by atoms with Crippen molar-refractivity contribution in [1.82, 2.24) is 9.55 Å². The van der Waals surface area contributed by atoms with Crippen LogP contribution in [-0.2, 0) is 17.2 Å². The van der Waals surface area contributed by atoms with Crippen LogP contribution in [0.5, 0.6) is 0 Å². The van der Waals surface area contributed by atoms with Crippen LogP contribution in [0.4, 0.5) is 0 Å². The highest BCUT2D eigenvalue weighted by atomic mass is 35.5. The maximum absolute atomic E-state index is 8.90. The van der Waals surface area contributed by atoms with E-state index in [-0.39, 0.29) is 0 Å². The van der Waals surface area contributed by atoms with Crippen molar-refractivity contribution in [2.45, 2.75) is 12.4 Å². The van der Waals surface area contributed by atoms with Crippen LogP contribution in [-0.4, -0.2) is 23.3 Å². The Morgan fingerprint density at radius 2 is 2.35 bits per heavy atom. The van der Waals surface area contributed by atoms with E-state index < -0.39 is 0 Å². The fraction of sp³-hybridized carbons (Fsp3) is 0.333. The molecular weight excluding hydrogens is 238 g/mol. The number of rotatable bonds is 4. The first-order valence-electron chi connectivity index (χ1n) is 5.24. The molecule has 0 amide bonds. The normalized spacial score (nSPS) is 10.6. The number of hydrogen-bond donors (Lipinski definition) is 0.